The summed E-state index contributed by atoms with van der Waals surface area (Å²) in [4.78, 5) is 18.8. The second kappa shape index (κ2) is 5.40. The summed E-state index contributed by atoms with van der Waals surface area (Å²) in [5.74, 6) is 0.545. The van der Waals surface area contributed by atoms with Crippen LogP contribution >= 0.6 is 15.9 Å². The molecular weight excluding hydrogens is 320 g/mol. The van der Waals surface area contributed by atoms with E-state index in [9.17, 15) is 4.79 Å². The number of carbonyl (C=O) groups is 1. The van der Waals surface area contributed by atoms with Crippen molar-refractivity contribution in [1.82, 2.24) is 4.90 Å². The van der Waals surface area contributed by atoms with E-state index in [1.807, 2.05) is 51.1 Å². The standard InChI is InChI=1S/C15H17BrN2O2/c1-15(2,3)18-13(17-20-4)12(14(18)19)9-10-5-7-11(16)8-6-10/h5-9H,1-4H3/b12-9+,17-13?. The lowest BCUT2D eigenvalue weighted by molar-refractivity contribution is -0.129. The third-order valence-corrected chi connectivity index (χ3v) is 3.44. The van der Waals surface area contributed by atoms with Crippen molar-refractivity contribution in [3.05, 3.63) is 39.9 Å². The van der Waals surface area contributed by atoms with Gasteiger partial charge in [0.15, 0.2) is 5.84 Å². The van der Waals surface area contributed by atoms with Crippen LogP contribution in [0.4, 0.5) is 0 Å². The van der Waals surface area contributed by atoms with Crippen LogP contribution in [0.1, 0.15) is 26.3 Å². The monoisotopic (exact) mass is 336 g/mol. The van der Waals surface area contributed by atoms with E-state index in [1.54, 1.807) is 4.90 Å². The Balaban J connectivity index is 2.35. The van der Waals surface area contributed by atoms with Crippen LogP contribution in [0.25, 0.3) is 6.08 Å². The lowest BCUT2D eigenvalue weighted by Crippen LogP contribution is -2.60. The van der Waals surface area contributed by atoms with Crippen LogP contribution in [0.5, 0.6) is 0 Å². The predicted molar refractivity (Wildman–Crippen MR) is 83.2 cm³/mol. The molecule has 5 heteroatoms. The second-order valence-corrected chi connectivity index (χ2v) is 6.43. The average molecular weight is 337 g/mol. The first-order chi connectivity index (χ1) is 9.34. The Labute approximate surface area is 127 Å². The van der Waals surface area contributed by atoms with E-state index in [1.165, 1.54) is 7.11 Å². The lowest BCUT2D eigenvalue weighted by atomic mass is 9.93. The zero-order valence-corrected chi connectivity index (χ0v) is 13.6. The lowest BCUT2D eigenvalue weighted by Gasteiger charge is -2.43. The third-order valence-electron chi connectivity index (χ3n) is 2.92. The summed E-state index contributed by atoms with van der Waals surface area (Å²) in [6.45, 7) is 5.89. The molecule has 1 heterocycles. The van der Waals surface area contributed by atoms with Crippen LogP contribution in [-0.2, 0) is 9.63 Å². The molecule has 0 saturated carbocycles. The molecule has 1 amide bonds. The van der Waals surface area contributed by atoms with Crippen molar-refractivity contribution in [2.24, 2.45) is 5.16 Å². The fraction of sp³-hybridized carbons (Fsp3) is 0.333. The first kappa shape index (κ1) is 14.8. The third kappa shape index (κ3) is 2.77. The van der Waals surface area contributed by atoms with Crippen molar-refractivity contribution >= 4 is 33.7 Å². The summed E-state index contributed by atoms with van der Waals surface area (Å²) in [6, 6.07) is 7.75. The van der Waals surface area contributed by atoms with Crippen LogP contribution in [0, 0.1) is 0 Å². The van der Waals surface area contributed by atoms with Gasteiger partial charge in [0.1, 0.15) is 7.11 Å². The maximum Gasteiger partial charge on any atom is 0.263 e. The van der Waals surface area contributed by atoms with Crippen molar-refractivity contribution < 1.29 is 9.63 Å². The molecule has 0 radical (unpaired) electrons. The van der Waals surface area contributed by atoms with Crippen LogP contribution in [0.2, 0.25) is 0 Å². The minimum atomic E-state index is -0.314. The van der Waals surface area contributed by atoms with Gasteiger partial charge in [-0.15, -0.1) is 0 Å². The van der Waals surface area contributed by atoms with E-state index < -0.39 is 0 Å². The second-order valence-electron chi connectivity index (χ2n) is 5.52. The Kier molecular flexibility index (Phi) is 3.99. The van der Waals surface area contributed by atoms with Crippen LogP contribution in [0.3, 0.4) is 0 Å². The molecule has 20 heavy (non-hydrogen) atoms. The van der Waals surface area contributed by atoms with Crippen molar-refractivity contribution in [3.8, 4) is 0 Å². The van der Waals surface area contributed by atoms with Gasteiger partial charge in [0.05, 0.1) is 5.57 Å². The van der Waals surface area contributed by atoms with E-state index >= 15 is 0 Å². The Morgan fingerprint density at radius 1 is 1.25 bits per heavy atom. The molecule has 0 atom stereocenters. The van der Waals surface area contributed by atoms with Crippen molar-refractivity contribution in [3.63, 3.8) is 0 Å². The zero-order valence-electron chi connectivity index (χ0n) is 12.0. The number of oxime groups is 1. The van der Waals surface area contributed by atoms with Gasteiger partial charge in [-0.3, -0.25) is 9.69 Å². The van der Waals surface area contributed by atoms with Gasteiger partial charge in [0.2, 0.25) is 0 Å². The van der Waals surface area contributed by atoms with Crippen molar-refractivity contribution in [1.29, 1.82) is 0 Å². The van der Waals surface area contributed by atoms with Gasteiger partial charge >= 0.3 is 0 Å². The molecule has 0 unspecified atom stereocenters. The molecule has 1 saturated heterocycles. The number of rotatable bonds is 2. The summed E-state index contributed by atoms with van der Waals surface area (Å²) in [7, 11) is 1.48. The average Bonchev–Trinajstić information content (AvgIpc) is 2.36. The van der Waals surface area contributed by atoms with E-state index in [2.05, 4.69) is 21.1 Å². The number of hydrogen-bond acceptors (Lipinski definition) is 3. The molecule has 0 bridgehead atoms. The Hall–Kier alpha value is -1.62. The molecule has 1 aliphatic rings. The van der Waals surface area contributed by atoms with E-state index in [4.69, 9.17) is 4.84 Å². The largest absolute Gasteiger partial charge is 0.397 e. The minimum absolute atomic E-state index is 0.0313. The Bertz CT molecular complexity index is 583. The first-order valence-corrected chi connectivity index (χ1v) is 7.07. The number of halogens is 1. The summed E-state index contributed by atoms with van der Waals surface area (Å²) < 4.78 is 1.00. The fourth-order valence-corrected chi connectivity index (χ4v) is 2.29. The molecule has 0 spiro atoms. The van der Waals surface area contributed by atoms with Crippen LogP contribution < -0.4 is 0 Å². The van der Waals surface area contributed by atoms with E-state index in [0.717, 1.165) is 10.0 Å². The smallest absolute Gasteiger partial charge is 0.263 e. The van der Waals surface area contributed by atoms with Gasteiger partial charge in [-0.25, -0.2) is 0 Å². The molecule has 0 aromatic heterocycles. The molecule has 0 N–H and O–H groups in total. The molecule has 1 fully saturated rings. The highest BCUT2D eigenvalue weighted by atomic mass is 79.9. The van der Waals surface area contributed by atoms with Gasteiger partial charge in [-0.1, -0.05) is 33.2 Å². The number of benzene rings is 1. The van der Waals surface area contributed by atoms with Gasteiger partial charge in [0.25, 0.3) is 5.91 Å². The topological polar surface area (TPSA) is 41.9 Å². The Morgan fingerprint density at radius 3 is 2.35 bits per heavy atom. The molecule has 0 aliphatic carbocycles. The normalized spacial score (nSPS) is 19.4. The molecule has 1 aromatic carbocycles. The summed E-state index contributed by atoms with van der Waals surface area (Å²) >= 11 is 3.39. The molecule has 1 aliphatic heterocycles. The maximum absolute atomic E-state index is 12.3. The fourth-order valence-electron chi connectivity index (χ4n) is 2.03. The molecule has 4 nitrogen and oxygen atoms in total. The highest BCUT2D eigenvalue weighted by molar-refractivity contribution is 9.10. The van der Waals surface area contributed by atoms with Gasteiger partial charge in [-0.2, -0.15) is 0 Å². The molecular formula is C15H17BrN2O2. The molecule has 1 aromatic rings. The highest BCUT2D eigenvalue weighted by Gasteiger charge is 2.45. The molecule has 2 rings (SSSR count). The maximum atomic E-state index is 12.3. The number of nitrogens with zero attached hydrogens (tertiary/aromatic N) is 2. The number of hydrogen-bond donors (Lipinski definition) is 0. The highest BCUT2D eigenvalue weighted by Crippen LogP contribution is 2.31. The van der Waals surface area contributed by atoms with Crippen molar-refractivity contribution in [2.45, 2.75) is 26.3 Å². The van der Waals surface area contributed by atoms with Gasteiger partial charge in [-0.05, 0) is 44.5 Å². The zero-order chi connectivity index (χ0) is 14.9. The number of likely N-dealkylation sites (tertiary alicyclic amines) is 1. The number of amidine groups is 1. The van der Waals surface area contributed by atoms with Crippen LogP contribution in [0.15, 0.2) is 39.5 Å². The van der Waals surface area contributed by atoms with Gasteiger partial charge in [0, 0.05) is 10.0 Å². The summed E-state index contributed by atoms with van der Waals surface area (Å²) in [5.41, 5.74) is 1.21. The van der Waals surface area contributed by atoms with Crippen molar-refractivity contribution in [2.75, 3.05) is 7.11 Å². The van der Waals surface area contributed by atoms with E-state index in [0.29, 0.717) is 11.4 Å². The number of carbonyl (C=O) groups excluding carboxylic acids is 1. The first-order valence-electron chi connectivity index (χ1n) is 6.28. The Morgan fingerprint density at radius 2 is 1.85 bits per heavy atom. The SMILES string of the molecule is CON=C1/C(=C\c2ccc(Br)cc2)C(=O)N1C(C)(C)C. The number of β-lactam (4-membered cyclic amide) rings is 1. The molecule has 106 valence electrons. The number of amides is 1. The summed E-state index contributed by atoms with van der Waals surface area (Å²) in [5, 5.41) is 3.97. The predicted octanol–water partition coefficient (Wildman–Crippen LogP) is 3.43. The quantitative estimate of drug-likeness (QED) is 0.471. The van der Waals surface area contributed by atoms with Gasteiger partial charge < -0.3 is 4.84 Å². The minimum Gasteiger partial charge on any atom is -0.397 e. The van der Waals surface area contributed by atoms with Crippen LogP contribution in [-0.4, -0.2) is 29.3 Å². The summed E-state index contributed by atoms with van der Waals surface area (Å²) in [6.07, 6.45) is 1.83. The van der Waals surface area contributed by atoms with E-state index in [-0.39, 0.29) is 11.4 Å².